The molecule has 1 aromatic heterocycles. The van der Waals surface area contributed by atoms with E-state index in [1.54, 1.807) is 0 Å². The highest BCUT2D eigenvalue weighted by Crippen LogP contribution is 2.28. The zero-order chi connectivity index (χ0) is 14.1. The van der Waals surface area contributed by atoms with Crippen LogP contribution in [0.5, 0.6) is 0 Å². The van der Waals surface area contributed by atoms with Crippen LogP contribution in [0.2, 0.25) is 5.15 Å². The van der Waals surface area contributed by atoms with Crippen LogP contribution in [0.4, 0.5) is 5.82 Å². The van der Waals surface area contributed by atoms with E-state index >= 15 is 0 Å². The van der Waals surface area contributed by atoms with Crippen molar-refractivity contribution in [3.05, 3.63) is 16.5 Å². The molecule has 0 saturated carbocycles. The fraction of sp³-hybridized carbons (Fsp3) is 0.733. The highest BCUT2D eigenvalue weighted by atomic mass is 35.5. The van der Waals surface area contributed by atoms with E-state index in [0.29, 0.717) is 11.2 Å². The van der Waals surface area contributed by atoms with Gasteiger partial charge in [0.1, 0.15) is 16.8 Å². The van der Waals surface area contributed by atoms with Crippen molar-refractivity contribution in [1.82, 2.24) is 14.9 Å². The van der Waals surface area contributed by atoms with E-state index in [4.69, 9.17) is 16.6 Å². The summed E-state index contributed by atoms with van der Waals surface area (Å²) in [7, 11) is 0. The van der Waals surface area contributed by atoms with Gasteiger partial charge in [0, 0.05) is 37.7 Å². The molecule has 3 heterocycles. The summed E-state index contributed by atoms with van der Waals surface area (Å²) in [5, 5.41) is 0.609. The van der Waals surface area contributed by atoms with Gasteiger partial charge in [-0.1, -0.05) is 24.9 Å². The predicted octanol–water partition coefficient (Wildman–Crippen LogP) is 2.68. The van der Waals surface area contributed by atoms with Gasteiger partial charge in [0.2, 0.25) is 0 Å². The molecule has 0 spiro atoms. The number of fused-ring (bicyclic) bond motifs is 1. The summed E-state index contributed by atoms with van der Waals surface area (Å²) in [6.45, 7) is 8.65. The molecule has 2 fully saturated rings. The second-order valence-electron chi connectivity index (χ2n) is 5.86. The average molecular weight is 295 g/mol. The Morgan fingerprint density at radius 2 is 2.05 bits per heavy atom. The molecule has 2 aliphatic rings. The molecule has 4 nitrogen and oxygen atoms in total. The molecule has 3 rings (SSSR count). The number of piperidine rings is 1. The summed E-state index contributed by atoms with van der Waals surface area (Å²) in [4.78, 5) is 14.1. The number of anilines is 1. The number of aromatic nitrogens is 2. The summed E-state index contributed by atoms with van der Waals surface area (Å²) in [5.41, 5.74) is 1.02. The first-order valence-electron chi connectivity index (χ1n) is 7.71. The van der Waals surface area contributed by atoms with Crippen molar-refractivity contribution >= 4 is 17.4 Å². The lowest BCUT2D eigenvalue weighted by atomic mass is 9.99. The molecule has 20 heavy (non-hydrogen) atoms. The number of nitrogens with zero attached hydrogens (tertiary/aromatic N) is 4. The maximum Gasteiger partial charge on any atom is 0.137 e. The molecule has 0 radical (unpaired) electrons. The van der Waals surface area contributed by atoms with E-state index in [1.807, 2.05) is 6.92 Å². The van der Waals surface area contributed by atoms with Crippen molar-refractivity contribution in [1.29, 1.82) is 0 Å². The Morgan fingerprint density at radius 3 is 2.85 bits per heavy atom. The van der Waals surface area contributed by atoms with Crippen molar-refractivity contribution in [2.75, 3.05) is 31.1 Å². The van der Waals surface area contributed by atoms with Crippen LogP contribution in [0.3, 0.4) is 0 Å². The first kappa shape index (κ1) is 14.1. The van der Waals surface area contributed by atoms with E-state index in [0.717, 1.165) is 43.3 Å². The number of hydrogen-bond donors (Lipinski definition) is 0. The smallest absolute Gasteiger partial charge is 0.137 e. The van der Waals surface area contributed by atoms with Crippen LogP contribution in [0, 0.1) is 6.92 Å². The Bertz CT molecular complexity index is 491. The molecule has 5 heteroatoms. The van der Waals surface area contributed by atoms with E-state index < -0.39 is 0 Å². The molecule has 1 aromatic rings. The monoisotopic (exact) mass is 294 g/mol. The number of rotatable bonds is 2. The maximum absolute atomic E-state index is 6.27. The first-order chi connectivity index (χ1) is 9.69. The summed E-state index contributed by atoms with van der Waals surface area (Å²) < 4.78 is 0. The molecule has 1 atom stereocenters. The molecule has 0 amide bonds. The lowest BCUT2D eigenvalue weighted by Gasteiger charge is -2.44. The van der Waals surface area contributed by atoms with Gasteiger partial charge in [0.15, 0.2) is 0 Å². The molecular formula is C15H23ClN4. The maximum atomic E-state index is 6.27. The summed E-state index contributed by atoms with van der Waals surface area (Å²) in [5.74, 6) is 1.90. The zero-order valence-electron chi connectivity index (χ0n) is 12.4. The third kappa shape index (κ3) is 2.63. The standard InChI is InChI=1S/C15H23ClN4/c1-3-13-17-14(16)11(2)15(18-13)20-9-8-19-7-5-4-6-12(19)10-20/h12H,3-10H2,1-2H3. The molecule has 2 saturated heterocycles. The minimum Gasteiger partial charge on any atom is -0.353 e. The Morgan fingerprint density at radius 1 is 1.20 bits per heavy atom. The lowest BCUT2D eigenvalue weighted by Crippen LogP contribution is -2.55. The van der Waals surface area contributed by atoms with E-state index in [-0.39, 0.29) is 0 Å². The van der Waals surface area contributed by atoms with Crippen LogP contribution in [-0.2, 0) is 6.42 Å². The van der Waals surface area contributed by atoms with E-state index in [9.17, 15) is 0 Å². The van der Waals surface area contributed by atoms with Crippen LogP contribution in [0.15, 0.2) is 0 Å². The van der Waals surface area contributed by atoms with Gasteiger partial charge < -0.3 is 4.90 Å². The molecule has 110 valence electrons. The molecule has 1 unspecified atom stereocenters. The number of halogens is 1. The number of hydrogen-bond acceptors (Lipinski definition) is 4. The van der Waals surface area contributed by atoms with Gasteiger partial charge in [0.25, 0.3) is 0 Å². The zero-order valence-corrected chi connectivity index (χ0v) is 13.2. The van der Waals surface area contributed by atoms with Gasteiger partial charge in [-0.25, -0.2) is 9.97 Å². The number of piperazine rings is 1. The minimum atomic E-state index is 0.609. The van der Waals surface area contributed by atoms with Gasteiger partial charge in [0.05, 0.1) is 0 Å². The quantitative estimate of drug-likeness (QED) is 0.785. The highest BCUT2D eigenvalue weighted by molar-refractivity contribution is 6.30. The number of aryl methyl sites for hydroxylation is 1. The minimum absolute atomic E-state index is 0.609. The van der Waals surface area contributed by atoms with Crippen molar-refractivity contribution in [2.45, 2.75) is 45.6 Å². The molecule has 2 aliphatic heterocycles. The fourth-order valence-corrected chi connectivity index (χ4v) is 3.52. The van der Waals surface area contributed by atoms with Crippen molar-refractivity contribution in [2.24, 2.45) is 0 Å². The second kappa shape index (κ2) is 5.86. The van der Waals surface area contributed by atoms with E-state index in [2.05, 4.69) is 21.7 Å². The third-order valence-electron chi connectivity index (χ3n) is 4.56. The van der Waals surface area contributed by atoms with E-state index in [1.165, 1.54) is 25.8 Å². The lowest BCUT2D eigenvalue weighted by molar-refractivity contribution is 0.133. The molecule has 0 aliphatic carbocycles. The van der Waals surface area contributed by atoms with Gasteiger partial charge in [-0.15, -0.1) is 0 Å². The van der Waals surface area contributed by atoms with Crippen LogP contribution in [0.1, 0.15) is 37.6 Å². The third-order valence-corrected chi connectivity index (χ3v) is 4.93. The van der Waals surface area contributed by atoms with Crippen molar-refractivity contribution < 1.29 is 0 Å². The molecule has 0 N–H and O–H groups in total. The highest BCUT2D eigenvalue weighted by Gasteiger charge is 2.30. The van der Waals surface area contributed by atoms with Gasteiger partial charge in [-0.2, -0.15) is 0 Å². The van der Waals surface area contributed by atoms with Gasteiger partial charge in [-0.05, 0) is 26.3 Å². The largest absolute Gasteiger partial charge is 0.353 e. The Labute approximate surface area is 126 Å². The predicted molar refractivity (Wildman–Crippen MR) is 82.6 cm³/mol. The summed E-state index contributed by atoms with van der Waals surface area (Å²) in [6, 6.07) is 0.690. The molecule has 0 aromatic carbocycles. The van der Waals surface area contributed by atoms with Crippen molar-refractivity contribution in [3.63, 3.8) is 0 Å². The fourth-order valence-electron chi connectivity index (χ4n) is 3.33. The SMILES string of the molecule is CCc1nc(Cl)c(C)c(N2CCN3CCCCC3C2)n1. The van der Waals surface area contributed by atoms with Crippen LogP contribution in [-0.4, -0.2) is 47.1 Å². The van der Waals surface area contributed by atoms with Crippen molar-refractivity contribution in [3.8, 4) is 0 Å². The normalized spacial score (nSPS) is 23.8. The van der Waals surface area contributed by atoms with Gasteiger partial charge in [-0.3, -0.25) is 4.90 Å². The Kier molecular flexibility index (Phi) is 4.13. The first-order valence-corrected chi connectivity index (χ1v) is 8.09. The summed E-state index contributed by atoms with van der Waals surface area (Å²) >= 11 is 6.27. The average Bonchev–Trinajstić information content (AvgIpc) is 2.49. The second-order valence-corrected chi connectivity index (χ2v) is 6.22. The van der Waals surface area contributed by atoms with Crippen LogP contribution >= 0.6 is 11.6 Å². The van der Waals surface area contributed by atoms with Gasteiger partial charge >= 0.3 is 0 Å². The van der Waals surface area contributed by atoms with Crippen LogP contribution < -0.4 is 4.90 Å². The molecule has 0 bridgehead atoms. The van der Waals surface area contributed by atoms with Crippen LogP contribution in [0.25, 0.3) is 0 Å². The summed E-state index contributed by atoms with van der Waals surface area (Å²) in [6.07, 6.45) is 4.86. The topological polar surface area (TPSA) is 32.3 Å². The Hall–Kier alpha value is -0.870. The Balaban J connectivity index is 1.84. The molecular weight excluding hydrogens is 272 g/mol.